The summed E-state index contributed by atoms with van der Waals surface area (Å²) in [6.07, 6.45) is 5.72. The Morgan fingerprint density at radius 2 is 1.85 bits per heavy atom. The molecule has 0 unspecified atom stereocenters. The second kappa shape index (κ2) is 7.86. The number of carbonyl (C=O) groups excluding carboxylic acids is 1. The van der Waals surface area contributed by atoms with Crippen molar-refractivity contribution in [2.45, 2.75) is 32.4 Å². The summed E-state index contributed by atoms with van der Waals surface area (Å²) < 4.78 is 14.8. The predicted molar refractivity (Wildman–Crippen MR) is 95.0 cm³/mol. The average Bonchev–Trinajstić information content (AvgIpc) is 3.14. The Labute approximate surface area is 151 Å². The lowest BCUT2D eigenvalue weighted by molar-refractivity contribution is 0.0934. The van der Waals surface area contributed by atoms with E-state index in [-0.39, 0.29) is 29.5 Å². The first kappa shape index (κ1) is 17.7. The Morgan fingerprint density at radius 3 is 2.50 bits per heavy atom. The van der Waals surface area contributed by atoms with Gasteiger partial charge in [0.2, 0.25) is 0 Å². The Bertz CT molecular complexity index is 863. The molecule has 0 fully saturated rings. The van der Waals surface area contributed by atoms with Gasteiger partial charge in [-0.15, -0.1) is 5.10 Å². The maximum atomic E-state index is 13.1. The van der Waals surface area contributed by atoms with E-state index in [4.69, 9.17) is 0 Å². The van der Waals surface area contributed by atoms with Gasteiger partial charge in [0.25, 0.3) is 5.91 Å². The molecule has 2 aromatic heterocycles. The molecule has 0 spiro atoms. The third kappa shape index (κ3) is 3.93. The summed E-state index contributed by atoms with van der Waals surface area (Å²) in [5, 5.41) is 11.0. The molecule has 0 bridgehead atoms. The largest absolute Gasteiger partial charge is 0.344 e. The Balaban J connectivity index is 1.73. The van der Waals surface area contributed by atoms with E-state index < -0.39 is 0 Å². The molecule has 0 aliphatic carbocycles. The van der Waals surface area contributed by atoms with Gasteiger partial charge in [0.1, 0.15) is 5.82 Å². The van der Waals surface area contributed by atoms with Crippen LogP contribution in [0, 0.1) is 5.82 Å². The van der Waals surface area contributed by atoms with Crippen LogP contribution in [0.15, 0.2) is 55.0 Å². The number of rotatable bonds is 6. The van der Waals surface area contributed by atoms with Gasteiger partial charge in [0, 0.05) is 12.4 Å². The zero-order valence-corrected chi connectivity index (χ0v) is 14.6. The molecule has 0 aliphatic heterocycles. The fourth-order valence-electron chi connectivity index (χ4n) is 2.80. The molecule has 7 heteroatoms. The number of amides is 1. The Hall–Kier alpha value is -3.09. The zero-order chi connectivity index (χ0) is 18.5. The standard InChI is InChI=1S/C19H20FN5O/c1-3-18(15-4-6-16(20)7-5-15)25-12-17(23-24-25)19(26)22-13(2)14-8-10-21-11-9-14/h4-13,18H,3H2,1-2H3,(H,22,26)/t13-,18+/m1/s1. The van der Waals surface area contributed by atoms with E-state index in [0.29, 0.717) is 0 Å². The van der Waals surface area contributed by atoms with Gasteiger partial charge < -0.3 is 5.32 Å². The smallest absolute Gasteiger partial charge is 0.273 e. The number of benzene rings is 1. The van der Waals surface area contributed by atoms with Gasteiger partial charge in [0.15, 0.2) is 5.69 Å². The van der Waals surface area contributed by atoms with Gasteiger partial charge in [-0.25, -0.2) is 9.07 Å². The van der Waals surface area contributed by atoms with Crippen molar-refractivity contribution in [3.05, 3.63) is 77.6 Å². The lowest BCUT2D eigenvalue weighted by Crippen LogP contribution is -2.27. The number of hydrogen-bond donors (Lipinski definition) is 1. The summed E-state index contributed by atoms with van der Waals surface area (Å²) in [5.41, 5.74) is 2.11. The van der Waals surface area contributed by atoms with Gasteiger partial charge in [-0.1, -0.05) is 24.3 Å². The van der Waals surface area contributed by atoms with Crippen LogP contribution >= 0.6 is 0 Å². The van der Waals surface area contributed by atoms with Crippen LogP contribution in [0.3, 0.4) is 0 Å². The molecular formula is C19H20FN5O. The minimum Gasteiger partial charge on any atom is -0.344 e. The van der Waals surface area contributed by atoms with E-state index in [9.17, 15) is 9.18 Å². The van der Waals surface area contributed by atoms with Crippen LogP contribution < -0.4 is 5.32 Å². The van der Waals surface area contributed by atoms with E-state index in [1.807, 2.05) is 26.0 Å². The van der Waals surface area contributed by atoms with E-state index in [2.05, 4.69) is 20.6 Å². The SMILES string of the molecule is CC[C@@H](c1ccc(F)cc1)n1cc(C(=O)N[C@H](C)c2ccncc2)nn1. The molecule has 3 aromatic rings. The van der Waals surface area contributed by atoms with Gasteiger partial charge >= 0.3 is 0 Å². The molecule has 0 saturated carbocycles. The van der Waals surface area contributed by atoms with Crippen molar-refractivity contribution >= 4 is 5.91 Å². The van der Waals surface area contributed by atoms with Crippen LogP contribution in [-0.2, 0) is 0 Å². The molecule has 6 nitrogen and oxygen atoms in total. The molecule has 0 saturated heterocycles. The van der Waals surface area contributed by atoms with Crippen LogP contribution in [0.5, 0.6) is 0 Å². The molecule has 1 aromatic carbocycles. The highest BCUT2D eigenvalue weighted by Gasteiger charge is 2.18. The number of hydrogen-bond acceptors (Lipinski definition) is 4. The molecular weight excluding hydrogens is 333 g/mol. The van der Waals surface area contributed by atoms with Crippen LogP contribution in [0.4, 0.5) is 4.39 Å². The molecule has 2 atom stereocenters. The van der Waals surface area contributed by atoms with Crippen molar-refractivity contribution in [2.24, 2.45) is 0 Å². The lowest BCUT2D eigenvalue weighted by Gasteiger charge is -2.15. The summed E-state index contributed by atoms with van der Waals surface area (Å²) >= 11 is 0. The summed E-state index contributed by atoms with van der Waals surface area (Å²) in [4.78, 5) is 16.4. The topological polar surface area (TPSA) is 72.7 Å². The lowest BCUT2D eigenvalue weighted by atomic mass is 10.0. The first-order valence-corrected chi connectivity index (χ1v) is 8.46. The molecule has 3 rings (SSSR count). The Kier molecular flexibility index (Phi) is 5.36. The summed E-state index contributed by atoms with van der Waals surface area (Å²) in [6, 6.07) is 9.69. The molecule has 1 amide bonds. The van der Waals surface area contributed by atoms with Crippen molar-refractivity contribution in [2.75, 3.05) is 0 Å². The number of halogens is 1. The quantitative estimate of drug-likeness (QED) is 0.738. The highest BCUT2D eigenvalue weighted by atomic mass is 19.1. The maximum Gasteiger partial charge on any atom is 0.273 e. The van der Waals surface area contributed by atoms with Crippen LogP contribution in [0.25, 0.3) is 0 Å². The highest BCUT2D eigenvalue weighted by molar-refractivity contribution is 5.92. The number of carbonyl (C=O) groups is 1. The monoisotopic (exact) mass is 353 g/mol. The van der Waals surface area contributed by atoms with E-state index in [1.54, 1.807) is 35.4 Å². The number of aromatic nitrogens is 4. The third-order valence-electron chi connectivity index (χ3n) is 4.26. The number of nitrogens with one attached hydrogen (secondary N) is 1. The number of pyridine rings is 1. The number of nitrogens with zero attached hydrogens (tertiary/aromatic N) is 4. The van der Waals surface area contributed by atoms with Crippen LogP contribution in [0.1, 0.15) is 54.0 Å². The van der Waals surface area contributed by atoms with E-state index in [1.165, 1.54) is 12.1 Å². The van der Waals surface area contributed by atoms with E-state index >= 15 is 0 Å². The second-order valence-electron chi connectivity index (χ2n) is 6.04. The molecule has 0 radical (unpaired) electrons. The first-order valence-electron chi connectivity index (χ1n) is 8.46. The fraction of sp³-hybridized carbons (Fsp3) is 0.263. The molecule has 1 N–H and O–H groups in total. The van der Waals surface area contributed by atoms with Crippen molar-refractivity contribution in [1.82, 2.24) is 25.3 Å². The minimum absolute atomic E-state index is 0.109. The summed E-state index contributed by atoms with van der Waals surface area (Å²) in [5.74, 6) is -0.582. The van der Waals surface area contributed by atoms with Gasteiger partial charge in [-0.05, 0) is 48.7 Å². The summed E-state index contributed by atoms with van der Waals surface area (Å²) in [6.45, 7) is 3.89. The van der Waals surface area contributed by atoms with Gasteiger partial charge in [0.05, 0.1) is 18.3 Å². The third-order valence-corrected chi connectivity index (χ3v) is 4.26. The van der Waals surface area contributed by atoms with Crippen molar-refractivity contribution in [1.29, 1.82) is 0 Å². The molecule has 2 heterocycles. The zero-order valence-electron chi connectivity index (χ0n) is 14.6. The van der Waals surface area contributed by atoms with Crippen molar-refractivity contribution in [3.8, 4) is 0 Å². The fourth-order valence-corrected chi connectivity index (χ4v) is 2.80. The van der Waals surface area contributed by atoms with Crippen molar-refractivity contribution in [3.63, 3.8) is 0 Å². The minimum atomic E-state index is -0.297. The molecule has 134 valence electrons. The van der Waals surface area contributed by atoms with Crippen LogP contribution in [0.2, 0.25) is 0 Å². The maximum absolute atomic E-state index is 13.1. The average molecular weight is 353 g/mol. The highest BCUT2D eigenvalue weighted by Crippen LogP contribution is 2.21. The second-order valence-corrected chi connectivity index (χ2v) is 6.04. The van der Waals surface area contributed by atoms with Gasteiger partial charge in [-0.2, -0.15) is 0 Å². The van der Waals surface area contributed by atoms with E-state index in [0.717, 1.165) is 17.5 Å². The normalized spacial score (nSPS) is 13.2. The Morgan fingerprint density at radius 1 is 1.15 bits per heavy atom. The predicted octanol–water partition coefficient (Wildman–Crippen LogP) is 3.30. The summed E-state index contributed by atoms with van der Waals surface area (Å²) in [7, 11) is 0. The van der Waals surface area contributed by atoms with Crippen LogP contribution in [-0.4, -0.2) is 25.9 Å². The molecule has 0 aliphatic rings. The van der Waals surface area contributed by atoms with Crippen molar-refractivity contribution < 1.29 is 9.18 Å². The van der Waals surface area contributed by atoms with Gasteiger partial charge in [-0.3, -0.25) is 9.78 Å². The molecule has 26 heavy (non-hydrogen) atoms. The first-order chi connectivity index (χ1) is 12.6.